The van der Waals surface area contributed by atoms with E-state index in [1.807, 2.05) is 44.2 Å². The van der Waals surface area contributed by atoms with E-state index >= 15 is 0 Å². The number of aromatic hydroxyl groups is 1. The predicted octanol–water partition coefficient (Wildman–Crippen LogP) is 3.78. The molecule has 30 heavy (non-hydrogen) atoms. The Morgan fingerprint density at radius 3 is 2.53 bits per heavy atom. The smallest absolute Gasteiger partial charge is 0.238 e. The van der Waals surface area contributed by atoms with Gasteiger partial charge in [0.2, 0.25) is 17.6 Å². The van der Waals surface area contributed by atoms with Gasteiger partial charge >= 0.3 is 0 Å². The first-order valence-corrected chi connectivity index (χ1v) is 10.1. The van der Waals surface area contributed by atoms with E-state index in [1.54, 1.807) is 18.2 Å². The van der Waals surface area contributed by atoms with Crippen molar-refractivity contribution in [3.05, 3.63) is 54.1 Å². The van der Waals surface area contributed by atoms with E-state index < -0.39 is 17.4 Å². The molecule has 1 N–H and O–H groups in total. The van der Waals surface area contributed by atoms with Crippen LogP contribution in [0.4, 0.5) is 5.69 Å². The summed E-state index contributed by atoms with van der Waals surface area (Å²) in [5, 5.41) is 10.6. The van der Waals surface area contributed by atoms with E-state index in [0.717, 1.165) is 11.1 Å². The van der Waals surface area contributed by atoms with Crippen molar-refractivity contribution in [2.24, 2.45) is 17.8 Å². The Morgan fingerprint density at radius 2 is 1.83 bits per heavy atom. The first kappa shape index (κ1) is 18.7. The molecule has 1 saturated heterocycles. The van der Waals surface area contributed by atoms with Crippen molar-refractivity contribution in [1.82, 2.24) is 0 Å². The van der Waals surface area contributed by atoms with Crippen molar-refractivity contribution in [2.75, 3.05) is 12.0 Å². The summed E-state index contributed by atoms with van der Waals surface area (Å²) in [5.74, 6) is -0.939. The van der Waals surface area contributed by atoms with Gasteiger partial charge in [-0.05, 0) is 50.1 Å². The Bertz CT molecular complexity index is 1090. The Morgan fingerprint density at radius 1 is 1.10 bits per heavy atom. The number of fused-ring (bicyclic) bond motifs is 5. The largest absolute Gasteiger partial charge is 0.502 e. The molecule has 0 saturated carbocycles. The molecule has 6 nitrogen and oxygen atoms in total. The number of hydrogen-bond acceptors (Lipinski definition) is 5. The number of rotatable bonds is 2. The van der Waals surface area contributed by atoms with Gasteiger partial charge in [0, 0.05) is 11.5 Å². The molecule has 0 unspecified atom stereocenters. The monoisotopic (exact) mass is 405 g/mol. The van der Waals surface area contributed by atoms with Crippen LogP contribution in [0.3, 0.4) is 0 Å². The van der Waals surface area contributed by atoms with Gasteiger partial charge in [-0.2, -0.15) is 0 Å². The average Bonchev–Trinajstić information content (AvgIpc) is 2.99. The van der Waals surface area contributed by atoms with Crippen molar-refractivity contribution < 1.29 is 24.2 Å². The number of ether oxygens (including phenoxy) is 2. The van der Waals surface area contributed by atoms with Crippen molar-refractivity contribution in [3.63, 3.8) is 0 Å². The van der Waals surface area contributed by atoms with E-state index in [2.05, 4.69) is 0 Å². The van der Waals surface area contributed by atoms with Crippen LogP contribution in [-0.2, 0) is 9.59 Å². The summed E-state index contributed by atoms with van der Waals surface area (Å²) in [7, 11) is 1.49. The first-order chi connectivity index (χ1) is 14.3. The lowest BCUT2D eigenvalue weighted by Gasteiger charge is -2.46. The molecule has 3 aliphatic rings. The topological polar surface area (TPSA) is 76.1 Å². The summed E-state index contributed by atoms with van der Waals surface area (Å²) < 4.78 is 11.5. The zero-order valence-electron chi connectivity index (χ0n) is 17.1. The van der Waals surface area contributed by atoms with Crippen LogP contribution in [0, 0.1) is 17.8 Å². The Balaban J connectivity index is 1.62. The van der Waals surface area contributed by atoms with Gasteiger partial charge in [0.1, 0.15) is 5.60 Å². The van der Waals surface area contributed by atoms with Crippen LogP contribution in [0.2, 0.25) is 0 Å². The number of carbonyl (C=O) groups is 2. The number of anilines is 1. The third kappa shape index (κ3) is 2.43. The Labute approximate surface area is 174 Å². The third-order valence-electron chi connectivity index (χ3n) is 6.52. The van der Waals surface area contributed by atoms with Crippen LogP contribution in [0.25, 0.3) is 5.57 Å². The normalized spacial score (nSPS) is 26.3. The molecule has 1 fully saturated rings. The average molecular weight is 405 g/mol. The fourth-order valence-electron chi connectivity index (χ4n) is 5.24. The quantitative estimate of drug-likeness (QED) is 0.770. The second kappa shape index (κ2) is 6.36. The molecule has 2 aliphatic heterocycles. The summed E-state index contributed by atoms with van der Waals surface area (Å²) in [6.45, 7) is 3.80. The molecule has 0 spiro atoms. The molecule has 0 radical (unpaired) electrons. The molecule has 5 rings (SSSR count). The van der Waals surface area contributed by atoms with Gasteiger partial charge in [-0.25, -0.2) is 0 Å². The number of para-hydroxylation sites is 1. The SMILES string of the molecule is COc1ccc2c(c1O)OC(C)(C)[C@@H]1C2=CC[C@@H]2C(=O)N(c3ccccc3)C(=O)[C@@H]21. The minimum absolute atomic E-state index is 0.0516. The van der Waals surface area contributed by atoms with Gasteiger partial charge in [-0.3, -0.25) is 14.5 Å². The number of benzene rings is 2. The zero-order chi connectivity index (χ0) is 21.2. The molecule has 154 valence electrons. The number of imide groups is 1. The summed E-state index contributed by atoms with van der Waals surface area (Å²) in [6.07, 6.45) is 2.51. The van der Waals surface area contributed by atoms with Crippen molar-refractivity contribution in [2.45, 2.75) is 25.9 Å². The molecule has 6 heteroatoms. The molecule has 2 aromatic carbocycles. The molecular weight excluding hydrogens is 382 g/mol. The molecule has 2 heterocycles. The van der Waals surface area contributed by atoms with Crippen LogP contribution in [-0.4, -0.2) is 29.6 Å². The lowest BCUT2D eigenvalue weighted by Crippen LogP contribution is -2.49. The molecule has 3 atom stereocenters. The minimum atomic E-state index is -0.797. The highest BCUT2D eigenvalue weighted by Crippen LogP contribution is 2.57. The van der Waals surface area contributed by atoms with Gasteiger partial charge in [-0.1, -0.05) is 24.3 Å². The number of allylic oxidation sites excluding steroid dienone is 1. The van der Waals surface area contributed by atoms with Gasteiger partial charge in [0.15, 0.2) is 11.5 Å². The molecule has 0 bridgehead atoms. The van der Waals surface area contributed by atoms with Gasteiger partial charge < -0.3 is 14.6 Å². The van der Waals surface area contributed by atoms with E-state index in [4.69, 9.17) is 9.47 Å². The highest BCUT2D eigenvalue weighted by Gasteiger charge is 2.59. The van der Waals surface area contributed by atoms with Crippen LogP contribution < -0.4 is 14.4 Å². The van der Waals surface area contributed by atoms with Crippen molar-refractivity contribution >= 4 is 23.1 Å². The summed E-state index contributed by atoms with van der Waals surface area (Å²) in [6, 6.07) is 12.6. The van der Waals surface area contributed by atoms with Crippen molar-refractivity contribution in [1.29, 1.82) is 0 Å². The fourth-order valence-corrected chi connectivity index (χ4v) is 5.24. The highest BCUT2D eigenvalue weighted by molar-refractivity contribution is 6.23. The standard InChI is InChI=1S/C24H23NO5/c1-24(2)19-14(15-11-12-17(29-3)20(26)21(15)30-24)9-10-16-18(19)23(28)25(22(16)27)13-7-5-4-6-8-13/h4-9,11-12,16,18-19,26H,10H2,1-3H3/t16-,18-,19+/m0/s1. The van der Waals surface area contributed by atoms with E-state index in [-0.39, 0.29) is 23.5 Å². The molecule has 2 amide bonds. The number of phenolic OH excluding ortho intramolecular Hbond substituents is 1. The number of methoxy groups -OCH3 is 1. The van der Waals surface area contributed by atoms with Crippen LogP contribution in [0.15, 0.2) is 48.5 Å². The number of nitrogens with zero attached hydrogens (tertiary/aromatic N) is 1. The van der Waals surface area contributed by atoms with Gasteiger partial charge in [0.25, 0.3) is 0 Å². The lowest BCUT2D eigenvalue weighted by atomic mass is 9.64. The number of carbonyl (C=O) groups excluding carboxylic acids is 2. The van der Waals surface area contributed by atoms with Crippen molar-refractivity contribution in [3.8, 4) is 17.2 Å². The first-order valence-electron chi connectivity index (χ1n) is 10.1. The fraction of sp³-hybridized carbons (Fsp3) is 0.333. The molecule has 0 aromatic heterocycles. The molecular formula is C24H23NO5. The maximum Gasteiger partial charge on any atom is 0.238 e. The second-order valence-corrected chi connectivity index (χ2v) is 8.55. The van der Waals surface area contributed by atoms with E-state index in [1.165, 1.54) is 12.0 Å². The predicted molar refractivity (Wildman–Crippen MR) is 111 cm³/mol. The van der Waals surface area contributed by atoms with E-state index in [0.29, 0.717) is 23.6 Å². The van der Waals surface area contributed by atoms with Gasteiger partial charge in [0.05, 0.1) is 24.6 Å². The second-order valence-electron chi connectivity index (χ2n) is 8.55. The summed E-state index contributed by atoms with van der Waals surface area (Å²) in [5.41, 5.74) is 1.49. The lowest BCUT2D eigenvalue weighted by molar-refractivity contribution is -0.124. The summed E-state index contributed by atoms with van der Waals surface area (Å²) in [4.78, 5) is 28.0. The number of amides is 2. The van der Waals surface area contributed by atoms with Crippen LogP contribution in [0.5, 0.6) is 17.2 Å². The maximum atomic E-state index is 13.5. The van der Waals surface area contributed by atoms with Gasteiger partial charge in [-0.15, -0.1) is 0 Å². The molecule has 2 aromatic rings. The third-order valence-corrected chi connectivity index (χ3v) is 6.52. The van der Waals surface area contributed by atoms with Crippen LogP contribution in [0.1, 0.15) is 25.8 Å². The Hall–Kier alpha value is -3.28. The Kier molecular flexibility index (Phi) is 3.97. The summed E-state index contributed by atoms with van der Waals surface area (Å²) >= 11 is 0. The molecule has 1 aliphatic carbocycles. The maximum absolute atomic E-state index is 13.5. The zero-order valence-corrected chi connectivity index (χ0v) is 17.1. The minimum Gasteiger partial charge on any atom is -0.502 e. The number of hydrogen-bond donors (Lipinski definition) is 1. The highest BCUT2D eigenvalue weighted by atomic mass is 16.5. The van der Waals surface area contributed by atoms with E-state index in [9.17, 15) is 14.7 Å². The number of phenols is 1. The van der Waals surface area contributed by atoms with Crippen LogP contribution >= 0.6 is 0 Å².